The van der Waals surface area contributed by atoms with Crippen LogP contribution in [0.3, 0.4) is 0 Å². The third kappa shape index (κ3) is 6.06. The highest BCUT2D eigenvalue weighted by atomic mass is 35.5. The minimum Gasteiger partial charge on any atom is -0.493 e. The largest absolute Gasteiger partial charge is 0.493 e. The zero-order valence-electron chi connectivity index (χ0n) is 15.9. The molecule has 0 aliphatic carbocycles. The quantitative estimate of drug-likeness (QED) is 0.643. The molecule has 1 amide bonds. The molecule has 8 heteroatoms. The van der Waals surface area contributed by atoms with Crippen LogP contribution in [0.1, 0.15) is 11.1 Å². The number of carbonyl (C=O) groups is 2. The summed E-state index contributed by atoms with van der Waals surface area (Å²) in [5.41, 5.74) is 1.46. The van der Waals surface area contributed by atoms with E-state index in [1.165, 1.54) is 21.3 Å². The molecule has 150 valence electrons. The van der Waals surface area contributed by atoms with E-state index in [-0.39, 0.29) is 13.0 Å². The molecule has 0 unspecified atom stereocenters. The van der Waals surface area contributed by atoms with E-state index < -0.39 is 11.9 Å². The SMILES string of the molecule is COc1cc(CC(=O)OCC(=O)NCc2cccc(Cl)c2)cc(OC)c1OC. The summed E-state index contributed by atoms with van der Waals surface area (Å²) in [6.45, 7) is -0.0757. The highest BCUT2D eigenvalue weighted by molar-refractivity contribution is 6.30. The van der Waals surface area contributed by atoms with E-state index in [0.717, 1.165) is 5.56 Å². The maximum Gasteiger partial charge on any atom is 0.310 e. The Kier molecular flexibility index (Phi) is 7.95. The number of halogens is 1. The summed E-state index contributed by atoms with van der Waals surface area (Å²) in [6.07, 6.45) is -0.0434. The van der Waals surface area contributed by atoms with Gasteiger partial charge in [-0.2, -0.15) is 0 Å². The summed E-state index contributed by atoms with van der Waals surface area (Å²) in [7, 11) is 4.48. The first-order valence-electron chi connectivity index (χ1n) is 8.42. The van der Waals surface area contributed by atoms with E-state index in [2.05, 4.69) is 5.32 Å². The number of hydrogen-bond donors (Lipinski definition) is 1. The van der Waals surface area contributed by atoms with E-state index in [4.69, 9.17) is 30.5 Å². The van der Waals surface area contributed by atoms with Crippen LogP contribution in [-0.4, -0.2) is 39.8 Å². The Balaban J connectivity index is 1.87. The molecule has 0 aliphatic rings. The standard InChI is InChI=1S/C20H22ClNO6/c1-25-16-8-14(9-17(26-2)20(16)27-3)10-19(24)28-12-18(23)22-11-13-5-4-6-15(21)7-13/h4-9H,10-12H2,1-3H3,(H,22,23). The molecule has 0 aromatic heterocycles. The molecule has 0 spiro atoms. The van der Waals surface area contributed by atoms with Crippen molar-refractivity contribution >= 4 is 23.5 Å². The van der Waals surface area contributed by atoms with Gasteiger partial charge in [-0.3, -0.25) is 9.59 Å². The molecular weight excluding hydrogens is 386 g/mol. The van der Waals surface area contributed by atoms with Gasteiger partial charge in [0, 0.05) is 11.6 Å². The van der Waals surface area contributed by atoms with Gasteiger partial charge in [-0.1, -0.05) is 23.7 Å². The minimum absolute atomic E-state index is 0.0434. The van der Waals surface area contributed by atoms with Crippen molar-refractivity contribution in [1.82, 2.24) is 5.32 Å². The van der Waals surface area contributed by atoms with Crippen LogP contribution >= 0.6 is 11.6 Å². The van der Waals surface area contributed by atoms with Gasteiger partial charge in [0.05, 0.1) is 27.8 Å². The normalized spacial score (nSPS) is 10.1. The first-order chi connectivity index (χ1) is 13.5. The summed E-state index contributed by atoms with van der Waals surface area (Å²) in [6, 6.07) is 10.4. The smallest absolute Gasteiger partial charge is 0.310 e. The van der Waals surface area contributed by atoms with E-state index in [9.17, 15) is 9.59 Å². The van der Waals surface area contributed by atoms with Crippen molar-refractivity contribution < 1.29 is 28.5 Å². The van der Waals surface area contributed by atoms with Gasteiger partial charge in [-0.15, -0.1) is 0 Å². The Bertz CT molecular complexity index is 814. The van der Waals surface area contributed by atoms with Crippen LogP contribution in [0.4, 0.5) is 0 Å². The fourth-order valence-electron chi connectivity index (χ4n) is 2.50. The lowest BCUT2D eigenvalue weighted by Gasteiger charge is -2.14. The number of benzene rings is 2. The second-order valence-corrected chi connectivity index (χ2v) is 6.21. The van der Waals surface area contributed by atoms with Crippen molar-refractivity contribution in [1.29, 1.82) is 0 Å². The first kappa shape index (κ1) is 21.4. The summed E-state index contributed by atoms with van der Waals surface area (Å²) < 4.78 is 20.8. The fourth-order valence-corrected chi connectivity index (χ4v) is 2.71. The summed E-state index contributed by atoms with van der Waals surface area (Å²) in [5.74, 6) is 0.348. The van der Waals surface area contributed by atoms with Crippen LogP contribution in [0, 0.1) is 0 Å². The number of rotatable bonds is 9. The Morgan fingerprint density at radius 3 is 2.21 bits per heavy atom. The highest BCUT2D eigenvalue weighted by Crippen LogP contribution is 2.38. The zero-order chi connectivity index (χ0) is 20.5. The second kappa shape index (κ2) is 10.4. The van der Waals surface area contributed by atoms with Crippen molar-refractivity contribution in [2.45, 2.75) is 13.0 Å². The number of amides is 1. The molecule has 0 bridgehead atoms. The topological polar surface area (TPSA) is 83.1 Å². The zero-order valence-corrected chi connectivity index (χ0v) is 16.7. The van der Waals surface area contributed by atoms with Gasteiger partial charge in [0.1, 0.15) is 0 Å². The third-order valence-electron chi connectivity index (χ3n) is 3.82. The van der Waals surface area contributed by atoms with Gasteiger partial charge >= 0.3 is 5.97 Å². The molecule has 2 aromatic carbocycles. The molecule has 0 saturated heterocycles. The van der Waals surface area contributed by atoms with Gasteiger partial charge in [-0.05, 0) is 35.4 Å². The van der Waals surface area contributed by atoms with Crippen molar-refractivity contribution in [3.8, 4) is 17.2 Å². The Hall–Kier alpha value is -2.93. The highest BCUT2D eigenvalue weighted by Gasteiger charge is 2.16. The Morgan fingerprint density at radius 2 is 1.64 bits per heavy atom. The van der Waals surface area contributed by atoms with Gasteiger partial charge in [-0.25, -0.2) is 0 Å². The van der Waals surface area contributed by atoms with Crippen molar-refractivity contribution in [2.24, 2.45) is 0 Å². The van der Waals surface area contributed by atoms with E-state index in [1.54, 1.807) is 30.3 Å². The summed E-state index contributed by atoms with van der Waals surface area (Å²) in [5, 5.41) is 3.25. The minimum atomic E-state index is -0.549. The number of nitrogens with one attached hydrogen (secondary N) is 1. The monoisotopic (exact) mass is 407 g/mol. The second-order valence-electron chi connectivity index (χ2n) is 5.78. The summed E-state index contributed by atoms with van der Waals surface area (Å²) in [4.78, 5) is 23.9. The number of esters is 1. The van der Waals surface area contributed by atoms with Gasteiger partial charge in [0.15, 0.2) is 18.1 Å². The van der Waals surface area contributed by atoms with Gasteiger partial charge < -0.3 is 24.3 Å². The lowest BCUT2D eigenvalue weighted by atomic mass is 10.1. The van der Waals surface area contributed by atoms with Crippen LogP contribution in [0.15, 0.2) is 36.4 Å². The number of hydrogen-bond acceptors (Lipinski definition) is 6. The van der Waals surface area contributed by atoms with Crippen LogP contribution in [0.5, 0.6) is 17.2 Å². The molecule has 0 saturated carbocycles. The molecular formula is C20H22ClNO6. The van der Waals surface area contributed by atoms with Crippen LogP contribution < -0.4 is 19.5 Å². The molecule has 28 heavy (non-hydrogen) atoms. The molecule has 7 nitrogen and oxygen atoms in total. The molecule has 2 rings (SSSR count). The average molecular weight is 408 g/mol. The van der Waals surface area contributed by atoms with Crippen molar-refractivity contribution in [3.63, 3.8) is 0 Å². The molecule has 1 N–H and O–H groups in total. The molecule has 0 fully saturated rings. The van der Waals surface area contributed by atoms with Gasteiger partial charge in [0.25, 0.3) is 5.91 Å². The third-order valence-corrected chi connectivity index (χ3v) is 4.05. The number of carbonyl (C=O) groups excluding carboxylic acids is 2. The Morgan fingerprint density at radius 1 is 0.964 bits per heavy atom. The fraction of sp³-hybridized carbons (Fsp3) is 0.300. The van der Waals surface area contributed by atoms with E-state index in [1.807, 2.05) is 6.07 Å². The maximum atomic E-state index is 12.1. The molecule has 0 aliphatic heterocycles. The Labute approximate surface area is 168 Å². The number of methoxy groups -OCH3 is 3. The predicted molar refractivity (Wildman–Crippen MR) is 104 cm³/mol. The predicted octanol–water partition coefficient (Wildman–Crippen LogP) is 2.77. The lowest BCUT2D eigenvalue weighted by molar-refractivity contribution is -0.147. The molecule has 0 atom stereocenters. The van der Waals surface area contributed by atoms with Crippen LogP contribution in [0.25, 0.3) is 0 Å². The van der Waals surface area contributed by atoms with Crippen molar-refractivity contribution in [3.05, 3.63) is 52.5 Å². The average Bonchev–Trinajstić information content (AvgIpc) is 2.69. The van der Waals surface area contributed by atoms with E-state index >= 15 is 0 Å². The summed E-state index contributed by atoms with van der Waals surface area (Å²) >= 11 is 5.89. The van der Waals surface area contributed by atoms with Crippen LogP contribution in [0.2, 0.25) is 5.02 Å². The first-order valence-corrected chi connectivity index (χ1v) is 8.80. The molecule has 0 radical (unpaired) electrons. The van der Waals surface area contributed by atoms with Crippen molar-refractivity contribution in [2.75, 3.05) is 27.9 Å². The lowest BCUT2D eigenvalue weighted by Crippen LogP contribution is -2.28. The molecule has 0 heterocycles. The van der Waals surface area contributed by atoms with Crippen LogP contribution in [-0.2, 0) is 27.3 Å². The van der Waals surface area contributed by atoms with Gasteiger partial charge in [0.2, 0.25) is 5.75 Å². The number of ether oxygens (including phenoxy) is 4. The van der Waals surface area contributed by atoms with E-state index in [0.29, 0.717) is 34.4 Å². The maximum absolute atomic E-state index is 12.1. The molecule has 2 aromatic rings.